The highest BCUT2D eigenvalue weighted by Crippen LogP contribution is 2.43. The number of benzene rings is 1. The number of rotatable bonds is 6. The molecule has 1 aromatic carbocycles. The number of thiazole rings is 1. The quantitative estimate of drug-likeness (QED) is 0.518. The second kappa shape index (κ2) is 9.98. The van der Waals surface area contributed by atoms with Gasteiger partial charge in [0.15, 0.2) is 0 Å². The number of methoxy groups -OCH3 is 1. The van der Waals surface area contributed by atoms with Crippen LogP contribution in [0.25, 0.3) is 21.8 Å². The second-order valence-corrected chi connectivity index (χ2v) is 10.5. The Balaban J connectivity index is 1.52. The minimum Gasteiger partial charge on any atom is -0.497 e. The smallest absolute Gasteiger partial charge is 0.223 e. The van der Waals surface area contributed by atoms with E-state index in [1.807, 2.05) is 36.5 Å². The van der Waals surface area contributed by atoms with E-state index in [2.05, 4.69) is 22.2 Å². The summed E-state index contributed by atoms with van der Waals surface area (Å²) in [5.74, 6) is 1.47. The zero-order chi connectivity index (χ0) is 23.5. The van der Waals surface area contributed by atoms with Gasteiger partial charge in [-0.25, -0.2) is 15.0 Å². The van der Waals surface area contributed by atoms with Gasteiger partial charge in [0, 0.05) is 30.9 Å². The summed E-state index contributed by atoms with van der Waals surface area (Å²) in [4.78, 5) is 17.6. The van der Waals surface area contributed by atoms with E-state index in [0.29, 0.717) is 24.8 Å². The van der Waals surface area contributed by atoms with E-state index in [9.17, 15) is 5.11 Å². The molecule has 0 unspecified atom stereocenters. The summed E-state index contributed by atoms with van der Waals surface area (Å²) in [5.41, 5.74) is 1.75. The minimum absolute atomic E-state index is 0.432. The van der Waals surface area contributed by atoms with Gasteiger partial charge in [-0.3, -0.25) is 0 Å². The normalized spacial score (nSPS) is 19.1. The Morgan fingerprint density at radius 2 is 1.79 bits per heavy atom. The van der Waals surface area contributed by atoms with Gasteiger partial charge in [0.05, 0.1) is 23.4 Å². The number of anilines is 1. The highest BCUT2D eigenvalue weighted by molar-refractivity contribution is 7.15. The summed E-state index contributed by atoms with van der Waals surface area (Å²) < 4.78 is 5.34. The van der Waals surface area contributed by atoms with E-state index >= 15 is 0 Å². The Labute approximate surface area is 205 Å². The van der Waals surface area contributed by atoms with E-state index in [4.69, 9.17) is 14.7 Å². The molecular weight excluding hydrogens is 446 g/mol. The molecule has 0 radical (unpaired) electrons. The Hall–Kier alpha value is -2.55. The van der Waals surface area contributed by atoms with E-state index in [-0.39, 0.29) is 0 Å². The average Bonchev–Trinajstić information content (AvgIpc) is 3.33. The standard InChI is InChI=1S/C26H33N5O2S/c1-31-16-13-26(32,14-17-31)24-30-22(18-8-10-20(33-2)11-9-18)23(34-24)21-12-15-27-25(29-21)28-19-6-4-3-5-7-19/h8-12,15,19,32H,3-7,13-14,16-17H2,1-2H3,(H,27,28,29). The van der Waals surface area contributed by atoms with Crippen LogP contribution in [0.4, 0.5) is 5.95 Å². The summed E-state index contributed by atoms with van der Waals surface area (Å²) in [6.45, 7) is 1.71. The number of aliphatic hydroxyl groups is 1. The molecule has 0 bridgehead atoms. The van der Waals surface area contributed by atoms with Crippen molar-refractivity contribution in [1.29, 1.82) is 0 Å². The maximum Gasteiger partial charge on any atom is 0.223 e. The molecule has 0 amide bonds. The number of likely N-dealkylation sites (tertiary alicyclic amines) is 1. The first kappa shape index (κ1) is 23.2. The lowest BCUT2D eigenvalue weighted by atomic mass is 9.92. The molecule has 3 heterocycles. The third-order valence-corrected chi connectivity index (χ3v) is 8.30. The predicted octanol–water partition coefficient (Wildman–Crippen LogP) is 4.93. The first-order chi connectivity index (χ1) is 16.5. The van der Waals surface area contributed by atoms with Gasteiger partial charge in [0.25, 0.3) is 0 Å². The van der Waals surface area contributed by atoms with Crippen LogP contribution in [0.3, 0.4) is 0 Å². The number of ether oxygens (including phenoxy) is 1. The molecule has 1 saturated heterocycles. The molecular formula is C26H33N5O2S. The van der Waals surface area contributed by atoms with Crippen LogP contribution in [0, 0.1) is 0 Å². The lowest BCUT2D eigenvalue weighted by Gasteiger charge is -2.34. The van der Waals surface area contributed by atoms with Gasteiger partial charge in [-0.05, 0) is 63.1 Å². The summed E-state index contributed by atoms with van der Waals surface area (Å²) in [6.07, 6.45) is 9.32. The topological polar surface area (TPSA) is 83.4 Å². The maximum absolute atomic E-state index is 11.5. The maximum atomic E-state index is 11.5. The number of hydrogen-bond acceptors (Lipinski definition) is 8. The van der Waals surface area contributed by atoms with Crippen molar-refractivity contribution >= 4 is 17.3 Å². The van der Waals surface area contributed by atoms with Crippen molar-refractivity contribution in [3.05, 3.63) is 41.5 Å². The molecule has 1 aliphatic carbocycles. The van der Waals surface area contributed by atoms with Crippen LogP contribution in [0.5, 0.6) is 5.75 Å². The monoisotopic (exact) mass is 479 g/mol. The van der Waals surface area contributed by atoms with Crippen molar-refractivity contribution < 1.29 is 9.84 Å². The number of aromatic nitrogens is 3. The molecule has 1 saturated carbocycles. The Bertz CT molecular complexity index is 1100. The second-order valence-electron chi connectivity index (χ2n) is 9.50. The highest BCUT2D eigenvalue weighted by atomic mass is 32.1. The van der Waals surface area contributed by atoms with Gasteiger partial charge < -0.3 is 20.1 Å². The van der Waals surface area contributed by atoms with Gasteiger partial charge in [-0.1, -0.05) is 19.3 Å². The fourth-order valence-corrected chi connectivity index (χ4v) is 6.03. The Kier molecular flexibility index (Phi) is 6.81. The number of nitrogens with one attached hydrogen (secondary N) is 1. The molecule has 34 heavy (non-hydrogen) atoms. The summed E-state index contributed by atoms with van der Waals surface area (Å²) in [6, 6.07) is 10.3. The minimum atomic E-state index is -0.910. The molecule has 2 N–H and O–H groups in total. The lowest BCUT2D eigenvalue weighted by Crippen LogP contribution is -2.40. The van der Waals surface area contributed by atoms with E-state index in [1.165, 1.54) is 19.3 Å². The van der Waals surface area contributed by atoms with Crippen LogP contribution in [0.2, 0.25) is 0 Å². The molecule has 7 nitrogen and oxygen atoms in total. The van der Waals surface area contributed by atoms with Crippen LogP contribution < -0.4 is 10.1 Å². The largest absolute Gasteiger partial charge is 0.497 e. The number of nitrogens with zero attached hydrogens (tertiary/aromatic N) is 4. The van der Waals surface area contributed by atoms with Crippen molar-refractivity contribution in [1.82, 2.24) is 19.9 Å². The lowest BCUT2D eigenvalue weighted by molar-refractivity contribution is -0.0203. The summed E-state index contributed by atoms with van der Waals surface area (Å²) in [7, 11) is 3.76. The molecule has 0 spiro atoms. The zero-order valence-corrected chi connectivity index (χ0v) is 20.8. The number of hydrogen-bond donors (Lipinski definition) is 2. The molecule has 3 aromatic rings. The van der Waals surface area contributed by atoms with Crippen LogP contribution in [-0.4, -0.2) is 58.2 Å². The molecule has 0 atom stereocenters. The Morgan fingerprint density at radius 1 is 1.06 bits per heavy atom. The zero-order valence-electron chi connectivity index (χ0n) is 20.0. The highest BCUT2D eigenvalue weighted by Gasteiger charge is 2.37. The molecule has 2 fully saturated rings. The number of piperidine rings is 1. The van der Waals surface area contributed by atoms with Crippen molar-refractivity contribution in [3.63, 3.8) is 0 Å². The van der Waals surface area contributed by atoms with E-state index < -0.39 is 5.60 Å². The molecule has 2 aliphatic rings. The molecule has 2 aromatic heterocycles. The van der Waals surface area contributed by atoms with Crippen molar-refractivity contribution in [3.8, 4) is 27.6 Å². The SMILES string of the molecule is COc1ccc(-c2nc(C3(O)CCN(C)CC3)sc2-c2ccnc(NC3CCCCC3)n2)cc1. The average molecular weight is 480 g/mol. The van der Waals surface area contributed by atoms with E-state index in [0.717, 1.165) is 58.5 Å². The summed E-state index contributed by atoms with van der Waals surface area (Å²) in [5, 5.41) is 15.8. The van der Waals surface area contributed by atoms with Crippen molar-refractivity contribution in [2.24, 2.45) is 0 Å². The van der Waals surface area contributed by atoms with Gasteiger partial charge in [0.2, 0.25) is 5.95 Å². The van der Waals surface area contributed by atoms with Crippen LogP contribution in [0.15, 0.2) is 36.5 Å². The first-order valence-corrected chi connectivity index (χ1v) is 13.0. The van der Waals surface area contributed by atoms with Crippen molar-refractivity contribution in [2.75, 3.05) is 32.6 Å². The fourth-order valence-electron chi connectivity index (χ4n) is 4.82. The van der Waals surface area contributed by atoms with Gasteiger partial charge in [-0.15, -0.1) is 11.3 Å². The molecule has 1 aliphatic heterocycles. The van der Waals surface area contributed by atoms with Crippen molar-refractivity contribution in [2.45, 2.75) is 56.6 Å². The predicted molar refractivity (Wildman–Crippen MR) is 136 cm³/mol. The first-order valence-electron chi connectivity index (χ1n) is 12.2. The van der Waals surface area contributed by atoms with E-state index in [1.54, 1.807) is 18.4 Å². The summed E-state index contributed by atoms with van der Waals surface area (Å²) >= 11 is 1.55. The molecule has 5 rings (SSSR count). The Morgan fingerprint density at radius 3 is 2.50 bits per heavy atom. The third-order valence-electron chi connectivity index (χ3n) is 7.03. The van der Waals surface area contributed by atoms with Crippen LogP contribution >= 0.6 is 11.3 Å². The fraction of sp³-hybridized carbons (Fsp3) is 0.500. The molecule has 180 valence electrons. The van der Waals surface area contributed by atoms with Crippen LogP contribution in [-0.2, 0) is 5.60 Å². The van der Waals surface area contributed by atoms with Gasteiger partial charge in [-0.2, -0.15) is 0 Å². The van der Waals surface area contributed by atoms with Gasteiger partial charge >= 0.3 is 0 Å². The third kappa shape index (κ3) is 4.94. The molecule has 8 heteroatoms. The van der Waals surface area contributed by atoms with Gasteiger partial charge in [0.1, 0.15) is 16.4 Å². The van der Waals surface area contributed by atoms with Crippen LogP contribution in [0.1, 0.15) is 50.0 Å².